The summed E-state index contributed by atoms with van der Waals surface area (Å²) in [4.78, 5) is 11.4. The molecule has 102 valence electrons. The summed E-state index contributed by atoms with van der Waals surface area (Å²) in [7, 11) is 0. The van der Waals surface area contributed by atoms with Gasteiger partial charge in [0.05, 0.1) is 6.07 Å². The minimum Gasteiger partial charge on any atom is -0.355 e. The summed E-state index contributed by atoms with van der Waals surface area (Å²) in [6, 6.07) is 5.60. The van der Waals surface area contributed by atoms with Crippen LogP contribution in [0.2, 0.25) is 0 Å². The molecule has 0 aliphatic rings. The molecule has 0 aliphatic heterocycles. The Hall–Kier alpha value is -1.96. The van der Waals surface area contributed by atoms with Crippen LogP contribution in [0.25, 0.3) is 0 Å². The largest absolute Gasteiger partial charge is 0.355 e. The first-order chi connectivity index (χ1) is 8.86. The summed E-state index contributed by atoms with van der Waals surface area (Å²) in [6.45, 7) is 3.94. The lowest BCUT2D eigenvalue weighted by atomic mass is 9.84. The first-order valence-electron chi connectivity index (χ1n) is 5.96. The van der Waals surface area contributed by atoms with Crippen LogP contribution in [0.1, 0.15) is 32.3 Å². The first kappa shape index (κ1) is 15.1. The number of hydrogen-bond acceptors (Lipinski definition) is 2. The molecule has 19 heavy (non-hydrogen) atoms. The fourth-order valence-corrected chi connectivity index (χ4v) is 1.60. The Bertz CT molecular complexity index is 507. The van der Waals surface area contributed by atoms with Gasteiger partial charge >= 0.3 is 0 Å². The van der Waals surface area contributed by atoms with Gasteiger partial charge in [0.2, 0.25) is 5.91 Å². The topological polar surface area (TPSA) is 52.9 Å². The number of rotatable bonds is 5. The molecule has 5 heteroatoms. The SMILES string of the molecule is CC(C)(CNC(=O)CCC#N)c1ccc(F)c(F)c1. The number of hydrogen-bond donors (Lipinski definition) is 1. The third-order valence-electron chi connectivity index (χ3n) is 2.89. The van der Waals surface area contributed by atoms with Crippen molar-refractivity contribution in [1.82, 2.24) is 5.32 Å². The number of nitrogens with zero attached hydrogens (tertiary/aromatic N) is 1. The maximum Gasteiger partial charge on any atom is 0.221 e. The van der Waals surface area contributed by atoms with Crippen molar-refractivity contribution in [2.24, 2.45) is 0 Å². The summed E-state index contributed by atoms with van der Waals surface area (Å²) in [5.41, 5.74) is 0.0867. The normalized spacial score (nSPS) is 10.9. The van der Waals surface area contributed by atoms with Crippen LogP contribution < -0.4 is 5.32 Å². The molecule has 1 rings (SSSR count). The molecule has 1 N–H and O–H groups in total. The molecule has 0 aliphatic carbocycles. The molecule has 0 saturated carbocycles. The molecule has 0 saturated heterocycles. The molecule has 0 bridgehead atoms. The number of carbonyl (C=O) groups excluding carboxylic acids is 1. The predicted octanol–water partition coefficient (Wildman–Crippen LogP) is 2.66. The molecule has 0 unspecified atom stereocenters. The minimum absolute atomic E-state index is 0.143. The molecule has 0 aromatic heterocycles. The molecule has 0 radical (unpaired) electrons. The average molecular weight is 266 g/mol. The number of nitriles is 1. The Morgan fingerprint density at radius 3 is 2.63 bits per heavy atom. The summed E-state index contributed by atoms with van der Waals surface area (Å²) in [5, 5.41) is 11.1. The van der Waals surface area contributed by atoms with E-state index in [1.54, 1.807) is 0 Å². The second-order valence-corrected chi connectivity index (χ2v) is 4.95. The summed E-state index contributed by atoms with van der Waals surface area (Å²) >= 11 is 0. The van der Waals surface area contributed by atoms with Gasteiger partial charge in [0.1, 0.15) is 0 Å². The van der Waals surface area contributed by atoms with Crippen molar-refractivity contribution in [3.8, 4) is 6.07 Å². The van der Waals surface area contributed by atoms with E-state index in [0.29, 0.717) is 12.1 Å². The first-order valence-corrected chi connectivity index (χ1v) is 5.96. The summed E-state index contributed by atoms with van der Waals surface area (Å²) in [5.74, 6) is -2.02. The molecule has 1 amide bonds. The predicted molar refractivity (Wildman–Crippen MR) is 67.2 cm³/mol. The van der Waals surface area contributed by atoms with Crippen LogP contribution in [0.4, 0.5) is 8.78 Å². The Kier molecular flexibility index (Phi) is 4.99. The third-order valence-corrected chi connectivity index (χ3v) is 2.89. The van der Waals surface area contributed by atoms with Gasteiger partial charge < -0.3 is 5.32 Å². The van der Waals surface area contributed by atoms with E-state index >= 15 is 0 Å². The van der Waals surface area contributed by atoms with Crippen LogP contribution in [0, 0.1) is 23.0 Å². The van der Waals surface area contributed by atoms with Crippen LogP contribution >= 0.6 is 0 Å². The second kappa shape index (κ2) is 6.28. The zero-order valence-corrected chi connectivity index (χ0v) is 11.0. The zero-order valence-electron chi connectivity index (χ0n) is 11.0. The van der Waals surface area contributed by atoms with E-state index in [4.69, 9.17) is 5.26 Å². The highest BCUT2D eigenvalue weighted by Gasteiger charge is 2.22. The van der Waals surface area contributed by atoms with Crippen molar-refractivity contribution >= 4 is 5.91 Å². The number of nitrogens with one attached hydrogen (secondary N) is 1. The zero-order chi connectivity index (χ0) is 14.5. The molecular formula is C14H16F2N2O. The highest BCUT2D eigenvalue weighted by Crippen LogP contribution is 2.24. The van der Waals surface area contributed by atoms with Crippen molar-refractivity contribution in [2.45, 2.75) is 32.1 Å². The number of halogens is 2. The van der Waals surface area contributed by atoms with Crippen molar-refractivity contribution in [2.75, 3.05) is 6.54 Å². The molecular weight excluding hydrogens is 250 g/mol. The van der Waals surface area contributed by atoms with Gasteiger partial charge in [-0.3, -0.25) is 4.79 Å². The van der Waals surface area contributed by atoms with E-state index in [9.17, 15) is 13.6 Å². The minimum atomic E-state index is -0.901. The molecule has 0 fully saturated rings. The van der Waals surface area contributed by atoms with Gasteiger partial charge in [-0.25, -0.2) is 8.78 Å². The number of benzene rings is 1. The summed E-state index contributed by atoms with van der Waals surface area (Å²) < 4.78 is 26.0. The monoisotopic (exact) mass is 266 g/mol. The van der Waals surface area contributed by atoms with E-state index < -0.39 is 17.0 Å². The fraction of sp³-hybridized carbons (Fsp3) is 0.429. The van der Waals surface area contributed by atoms with Crippen LogP contribution in [0.3, 0.4) is 0 Å². The third kappa shape index (κ3) is 4.32. The second-order valence-electron chi connectivity index (χ2n) is 4.95. The Morgan fingerprint density at radius 2 is 2.05 bits per heavy atom. The lowest BCUT2D eigenvalue weighted by molar-refractivity contribution is -0.121. The van der Waals surface area contributed by atoms with Gasteiger partial charge in [-0.1, -0.05) is 19.9 Å². The molecule has 0 heterocycles. The van der Waals surface area contributed by atoms with Gasteiger partial charge in [0, 0.05) is 24.8 Å². The van der Waals surface area contributed by atoms with E-state index in [1.165, 1.54) is 6.07 Å². The van der Waals surface area contributed by atoms with Gasteiger partial charge in [0.15, 0.2) is 11.6 Å². The van der Waals surface area contributed by atoms with Crippen molar-refractivity contribution in [3.63, 3.8) is 0 Å². The molecule has 0 atom stereocenters. The van der Waals surface area contributed by atoms with E-state index in [1.807, 2.05) is 19.9 Å². The highest BCUT2D eigenvalue weighted by atomic mass is 19.2. The van der Waals surface area contributed by atoms with Crippen molar-refractivity contribution < 1.29 is 13.6 Å². The van der Waals surface area contributed by atoms with Crippen LogP contribution in [-0.2, 0) is 10.2 Å². The van der Waals surface area contributed by atoms with E-state index in [2.05, 4.69) is 5.32 Å². The van der Waals surface area contributed by atoms with E-state index in [-0.39, 0.29) is 18.7 Å². The number of carbonyl (C=O) groups is 1. The maximum atomic E-state index is 13.2. The van der Waals surface area contributed by atoms with Gasteiger partial charge in [-0.15, -0.1) is 0 Å². The van der Waals surface area contributed by atoms with Crippen LogP contribution in [0.5, 0.6) is 0 Å². The van der Waals surface area contributed by atoms with Crippen molar-refractivity contribution in [3.05, 3.63) is 35.4 Å². The van der Waals surface area contributed by atoms with Gasteiger partial charge in [-0.05, 0) is 17.7 Å². The van der Waals surface area contributed by atoms with E-state index in [0.717, 1.165) is 12.1 Å². The molecule has 1 aromatic rings. The Balaban J connectivity index is 2.67. The quantitative estimate of drug-likeness (QED) is 0.890. The Labute approximate surface area is 111 Å². The molecule has 3 nitrogen and oxygen atoms in total. The van der Waals surface area contributed by atoms with Crippen LogP contribution in [-0.4, -0.2) is 12.5 Å². The van der Waals surface area contributed by atoms with Crippen molar-refractivity contribution in [1.29, 1.82) is 5.26 Å². The van der Waals surface area contributed by atoms with Crippen LogP contribution in [0.15, 0.2) is 18.2 Å². The maximum absolute atomic E-state index is 13.2. The fourth-order valence-electron chi connectivity index (χ4n) is 1.60. The lowest BCUT2D eigenvalue weighted by Crippen LogP contribution is -2.36. The van der Waals surface area contributed by atoms with Gasteiger partial charge in [-0.2, -0.15) is 5.26 Å². The highest BCUT2D eigenvalue weighted by molar-refractivity contribution is 5.76. The molecule has 1 aromatic carbocycles. The number of amides is 1. The summed E-state index contributed by atoms with van der Waals surface area (Å²) in [6.07, 6.45) is 0.307. The lowest BCUT2D eigenvalue weighted by Gasteiger charge is -2.25. The Morgan fingerprint density at radius 1 is 1.37 bits per heavy atom. The van der Waals surface area contributed by atoms with Gasteiger partial charge in [0.25, 0.3) is 0 Å². The average Bonchev–Trinajstić information content (AvgIpc) is 2.37. The molecule has 0 spiro atoms. The standard InChI is InChI=1S/C14H16F2N2O/c1-14(2,9-18-13(19)4-3-7-17)10-5-6-11(15)12(16)8-10/h5-6,8H,3-4,9H2,1-2H3,(H,18,19). The smallest absolute Gasteiger partial charge is 0.221 e.